The van der Waals surface area contributed by atoms with Crippen molar-refractivity contribution < 1.29 is 9.59 Å². The van der Waals surface area contributed by atoms with Crippen molar-refractivity contribution in [2.75, 3.05) is 19.6 Å². The van der Waals surface area contributed by atoms with E-state index in [-0.39, 0.29) is 23.4 Å². The molecule has 2 saturated heterocycles. The van der Waals surface area contributed by atoms with Gasteiger partial charge in [-0.3, -0.25) is 19.4 Å². The van der Waals surface area contributed by atoms with Crippen LogP contribution in [0.25, 0.3) is 0 Å². The summed E-state index contributed by atoms with van der Waals surface area (Å²) in [7, 11) is 0. The maximum atomic E-state index is 12.3. The molecule has 0 spiro atoms. The molecule has 0 saturated carbocycles. The van der Waals surface area contributed by atoms with E-state index in [1.807, 2.05) is 6.08 Å². The molecule has 2 aliphatic heterocycles. The summed E-state index contributed by atoms with van der Waals surface area (Å²) in [4.78, 5) is 28.6. The van der Waals surface area contributed by atoms with E-state index in [9.17, 15) is 9.59 Å². The molecule has 158 valence electrons. The minimum absolute atomic E-state index is 0.0155. The second-order valence-corrected chi connectivity index (χ2v) is 9.29. The van der Waals surface area contributed by atoms with Crippen molar-refractivity contribution in [3.8, 4) is 0 Å². The highest BCUT2D eigenvalue weighted by Gasteiger charge is 2.43. The van der Waals surface area contributed by atoms with E-state index in [4.69, 9.17) is 0 Å². The molecule has 3 atom stereocenters. The van der Waals surface area contributed by atoms with Gasteiger partial charge in [0, 0.05) is 37.8 Å². The predicted molar refractivity (Wildman–Crippen MR) is 114 cm³/mol. The van der Waals surface area contributed by atoms with E-state index < -0.39 is 0 Å². The average Bonchev–Trinajstić information content (AvgIpc) is 2.54. The van der Waals surface area contributed by atoms with Crippen LogP contribution >= 0.6 is 0 Å². The van der Waals surface area contributed by atoms with Gasteiger partial charge in [-0.25, -0.2) is 0 Å². The summed E-state index contributed by atoms with van der Waals surface area (Å²) in [5.41, 5.74) is -0.117. The van der Waals surface area contributed by atoms with Gasteiger partial charge in [-0.05, 0) is 52.2 Å². The zero-order valence-electron chi connectivity index (χ0n) is 18.4. The highest BCUT2D eigenvalue weighted by atomic mass is 16.2. The SMILES string of the molecule is C=CC(=O)NC1CN(C(C)C/C=C/C(=O)NC2(C)CN(C(C)C)C2)C1C(C)C. The van der Waals surface area contributed by atoms with Crippen molar-refractivity contribution >= 4 is 11.8 Å². The zero-order valence-corrected chi connectivity index (χ0v) is 18.4. The molecule has 0 radical (unpaired) electrons. The lowest BCUT2D eigenvalue weighted by molar-refractivity contribution is -0.121. The third kappa shape index (κ3) is 5.45. The Bertz CT molecular complexity index is 608. The van der Waals surface area contributed by atoms with Crippen molar-refractivity contribution in [1.82, 2.24) is 20.4 Å². The molecule has 6 nitrogen and oxygen atoms in total. The van der Waals surface area contributed by atoms with E-state index in [1.54, 1.807) is 6.08 Å². The monoisotopic (exact) mass is 390 g/mol. The van der Waals surface area contributed by atoms with Gasteiger partial charge in [0.1, 0.15) is 0 Å². The zero-order chi connectivity index (χ0) is 21.1. The van der Waals surface area contributed by atoms with Crippen LogP contribution in [0.15, 0.2) is 24.8 Å². The van der Waals surface area contributed by atoms with Crippen molar-refractivity contribution in [1.29, 1.82) is 0 Å². The largest absolute Gasteiger partial charge is 0.347 e. The number of hydrogen-bond acceptors (Lipinski definition) is 4. The third-order valence-electron chi connectivity index (χ3n) is 5.97. The summed E-state index contributed by atoms with van der Waals surface area (Å²) in [5, 5.41) is 6.15. The van der Waals surface area contributed by atoms with Crippen molar-refractivity contribution in [2.45, 2.75) is 77.7 Å². The van der Waals surface area contributed by atoms with Gasteiger partial charge in [0.25, 0.3) is 0 Å². The fourth-order valence-electron chi connectivity index (χ4n) is 4.38. The Morgan fingerprint density at radius 2 is 1.82 bits per heavy atom. The second kappa shape index (κ2) is 9.23. The lowest BCUT2D eigenvalue weighted by Gasteiger charge is -2.53. The molecular formula is C22H38N4O2. The van der Waals surface area contributed by atoms with Gasteiger partial charge < -0.3 is 10.6 Å². The van der Waals surface area contributed by atoms with E-state index in [2.05, 4.69) is 68.6 Å². The summed E-state index contributed by atoms with van der Waals surface area (Å²) < 4.78 is 0. The number of hydrogen-bond donors (Lipinski definition) is 2. The second-order valence-electron chi connectivity index (χ2n) is 9.29. The van der Waals surface area contributed by atoms with Crippen molar-refractivity contribution in [2.24, 2.45) is 5.92 Å². The molecule has 0 aromatic rings. The molecule has 2 aliphatic rings. The summed E-state index contributed by atoms with van der Waals surface area (Å²) >= 11 is 0. The van der Waals surface area contributed by atoms with Gasteiger partial charge in [-0.15, -0.1) is 0 Å². The van der Waals surface area contributed by atoms with Crippen LogP contribution < -0.4 is 10.6 Å². The van der Waals surface area contributed by atoms with Gasteiger partial charge in [0.2, 0.25) is 11.8 Å². The fraction of sp³-hybridized carbons (Fsp3) is 0.727. The average molecular weight is 391 g/mol. The van der Waals surface area contributed by atoms with E-state index >= 15 is 0 Å². The number of amides is 2. The molecule has 2 amide bonds. The lowest BCUT2D eigenvalue weighted by atomic mass is 9.84. The van der Waals surface area contributed by atoms with Gasteiger partial charge in [0.05, 0.1) is 11.6 Å². The minimum Gasteiger partial charge on any atom is -0.347 e. The number of rotatable bonds is 9. The molecule has 2 heterocycles. The smallest absolute Gasteiger partial charge is 0.244 e. The van der Waals surface area contributed by atoms with Crippen molar-refractivity contribution in [3.05, 3.63) is 24.8 Å². The van der Waals surface area contributed by atoms with Crippen LogP contribution in [0.1, 0.15) is 48.0 Å². The number of carbonyl (C=O) groups excluding carboxylic acids is 2. The highest BCUT2D eigenvalue weighted by molar-refractivity contribution is 5.88. The first kappa shape index (κ1) is 22.6. The van der Waals surface area contributed by atoms with Crippen LogP contribution in [0.3, 0.4) is 0 Å². The van der Waals surface area contributed by atoms with Crippen LogP contribution in [0.2, 0.25) is 0 Å². The molecule has 0 aromatic heterocycles. The van der Waals surface area contributed by atoms with E-state index in [0.29, 0.717) is 24.0 Å². The minimum atomic E-state index is -0.117. The summed E-state index contributed by atoms with van der Waals surface area (Å²) in [6.45, 7) is 19.2. The van der Waals surface area contributed by atoms with E-state index in [1.165, 1.54) is 6.08 Å². The molecule has 2 N–H and O–H groups in total. The Morgan fingerprint density at radius 1 is 1.18 bits per heavy atom. The number of likely N-dealkylation sites (tertiary alicyclic amines) is 2. The Labute approximate surface area is 170 Å². The van der Waals surface area contributed by atoms with Crippen LogP contribution in [-0.2, 0) is 9.59 Å². The summed E-state index contributed by atoms with van der Waals surface area (Å²) in [5.74, 6) is 0.319. The van der Waals surface area contributed by atoms with Crippen LogP contribution in [0.5, 0.6) is 0 Å². The van der Waals surface area contributed by atoms with Crippen LogP contribution in [0.4, 0.5) is 0 Å². The maximum Gasteiger partial charge on any atom is 0.244 e. The van der Waals surface area contributed by atoms with Gasteiger partial charge in [0.15, 0.2) is 0 Å². The quantitative estimate of drug-likeness (QED) is 0.591. The summed E-state index contributed by atoms with van der Waals surface area (Å²) in [6, 6.07) is 1.33. The first-order chi connectivity index (χ1) is 13.1. The fourth-order valence-corrected chi connectivity index (χ4v) is 4.38. The maximum absolute atomic E-state index is 12.3. The molecule has 0 aliphatic carbocycles. The Morgan fingerprint density at radius 3 is 2.36 bits per heavy atom. The van der Waals surface area contributed by atoms with Crippen LogP contribution in [-0.4, -0.2) is 71.0 Å². The summed E-state index contributed by atoms with van der Waals surface area (Å²) in [6.07, 6.45) is 5.78. The predicted octanol–water partition coefficient (Wildman–Crippen LogP) is 1.93. The highest BCUT2D eigenvalue weighted by Crippen LogP contribution is 2.29. The molecular weight excluding hydrogens is 352 g/mol. The first-order valence-corrected chi connectivity index (χ1v) is 10.5. The molecule has 3 unspecified atom stereocenters. The molecule has 2 fully saturated rings. The molecule has 6 heteroatoms. The molecule has 0 aromatic carbocycles. The normalized spacial score (nSPS) is 26.0. The molecule has 0 bridgehead atoms. The van der Waals surface area contributed by atoms with Crippen LogP contribution in [0, 0.1) is 5.92 Å². The topological polar surface area (TPSA) is 64.7 Å². The first-order valence-electron chi connectivity index (χ1n) is 10.5. The van der Waals surface area contributed by atoms with Gasteiger partial charge in [-0.2, -0.15) is 0 Å². The number of nitrogens with zero attached hydrogens (tertiary/aromatic N) is 2. The van der Waals surface area contributed by atoms with Gasteiger partial charge >= 0.3 is 0 Å². The lowest BCUT2D eigenvalue weighted by Crippen LogP contribution is -2.70. The number of nitrogens with one attached hydrogen (secondary N) is 2. The Hall–Kier alpha value is -1.66. The Balaban J connectivity index is 1.78. The van der Waals surface area contributed by atoms with Crippen molar-refractivity contribution in [3.63, 3.8) is 0 Å². The van der Waals surface area contributed by atoms with Gasteiger partial charge in [-0.1, -0.05) is 26.5 Å². The molecule has 2 rings (SSSR count). The van der Waals surface area contributed by atoms with E-state index in [0.717, 1.165) is 26.1 Å². The number of carbonyl (C=O) groups is 2. The Kier molecular flexibility index (Phi) is 7.46. The standard InChI is InChI=1S/C22H38N4O2/c1-8-19(27)23-18-12-26(21(18)15(2)3)17(6)10-9-11-20(28)24-22(7)13-25(14-22)16(4)5/h8-9,11,15-18,21H,1,10,12-14H2,2-7H3,(H,23,27)(H,24,28)/b11-9+. The third-order valence-corrected chi connectivity index (χ3v) is 5.97. The molecule has 28 heavy (non-hydrogen) atoms.